The van der Waals surface area contributed by atoms with Crippen LogP contribution in [0.2, 0.25) is 0 Å². The molecule has 1 saturated heterocycles. The molecule has 5 heteroatoms. The zero-order valence-corrected chi connectivity index (χ0v) is 15.5. The van der Waals surface area contributed by atoms with E-state index in [-0.39, 0.29) is 6.10 Å². The number of aliphatic hydroxyl groups is 3. The van der Waals surface area contributed by atoms with Crippen molar-refractivity contribution >= 4 is 0 Å². The Morgan fingerprint density at radius 1 is 0.923 bits per heavy atom. The van der Waals surface area contributed by atoms with Crippen LogP contribution in [0.5, 0.6) is 0 Å². The molecule has 142 valence electrons. The van der Waals surface area contributed by atoms with Gasteiger partial charge in [-0.2, -0.15) is 0 Å². The first-order valence-electron chi connectivity index (χ1n) is 8.72. The first-order chi connectivity index (χ1) is 12.3. The molecule has 26 heavy (non-hydrogen) atoms. The zero-order chi connectivity index (χ0) is 19.2. The van der Waals surface area contributed by atoms with Crippen molar-refractivity contribution in [2.24, 2.45) is 0 Å². The number of methoxy groups -OCH3 is 1. The second-order valence-corrected chi connectivity index (χ2v) is 6.84. The average molecular weight is 360 g/mol. The van der Waals surface area contributed by atoms with Gasteiger partial charge in [0.2, 0.25) is 0 Å². The molecule has 1 fully saturated rings. The maximum Gasteiger partial charge on any atom is 0.156 e. The third-order valence-corrected chi connectivity index (χ3v) is 4.14. The first kappa shape index (κ1) is 20.6. The minimum Gasteiger partial charge on any atom is -0.378 e. The SMILES string of the molecule is CC(C)(O)O.COC1CCC(O)OC1(c1ccccc1)c1ccccc1. The van der Waals surface area contributed by atoms with Gasteiger partial charge < -0.3 is 24.8 Å². The van der Waals surface area contributed by atoms with E-state index in [0.29, 0.717) is 6.42 Å². The molecule has 3 rings (SSSR count). The predicted octanol–water partition coefficient (Wildman–Crippen LogP) is 2.78. The molecule has 0 spiro atoms. The molecule has 2 unspecified atom stereocenters. The summed E-state index contributed by atoms with van der Waals surface area (Å²) in [7, 11) is 1.70. The molecule has 0 aromatic heterocycles. The largest absolute Gasteiger partial charge is 0.378 e. The standard InChI is InChI=1S/C18H20O3.C3H8O2/c1-20-16-12-13-17(19)21-18(16,14-8-4-2-5-9-14)15-10-6-3-7-11-15;1-3(2,4)5/h2-11,16-17,19H,12-13H2,1H3;4-5H,1-2H3. The van der Waals surface area contributed by atoms with Gasteiger partial charge in [-0.3, -0.25) is 0 Å². The maximum absolute atomic E-state index is 10.1. The van der Waals surface area contributed by atoms with Gasteiger partial charge in [-0.05, 0) is 31.4 Å². The Kier molecular flexibility index (Phi) is 6.92. The molecule has 0 bridgehead atoms. The third-order valence-electron chi connectivity index (χ3n) is 4.14. The van der Waals surface area contributed by atoms with Crippen molar-refractivity contribution in [3.05, 3.63) is 71.8 Å². The molecular formula is C21H28O5. The quantitative estimate of drug-likeness (QED) is 0.734. The summed E-state index contributed by atoms with van der Waals surface area (Å²) in [6.45, 7) is 2.60. The van der Waals surface area contributed by atoms with Crippen LogP contribution in [0.1, 0.15) is 37.8 Å². The van der Waals surface area contributed by atoms with Gasteiger partial charge in [-0.25, -0.2) is 0 Å². The lowest BCUT2D eigenvalue weighted by molar-refractivity contribution is -0.246. The molecular weight excluding hydrogens is 332 g/mol. The molecule has 0 radical (unpaired) electrons. The van der Waals surface area contributed by atoms with Crippen molar-refractivity contribution < 1.29 is 24.8 Å². The topological polar surface area (TPSA) is 79.2 Å². The van der Waals surface area contributed by atoms with Crippen molar-refractivity contribution in [1.82, 2.24) is 0 Å². The highest BCUT2D eigenvalue weighted by Crippen LogP contribution is 2.44. The molecule has 3 N–H and O–H groups in total. The molecule has 5 nitrogen and oxygen atoms in total. The molecule has 1 aliphatic heterocycles. The summed E-state index contributed by atoms with van der Waals surface area (Å²) in [6, 6.07) is 20.0. The van der Waals surface area contributed by atoms with Crippen molar-refractivity contribution in [3.8, 4) is 0 Å². The Morgan fingerprint density at radius 2 is 1.35 bits per heavy atom. The van der Waals surface area contributed by atoms with Crippen LogP contribution in [0.4, 0.5) is 0 Å². The first-order valence-corrected chi connectivity index (χ1v) is 8.72. The summed E-state index contributed by atoms with van der Waals surface area (Å²) in [5.74, 6) is -1.50. The molecule has 1 aliphatic rings. The van der Waals surface area contributed by atoms with Crippen LogP contribution in [0, 0.1) is 0 Å². The van der Waals surface area contributed by atoms with Gasteiger partial charge >= 0.3 is 0 Å². The van der Waals surface area contributed by atoms with E-state index in [1.807, 2.05) is 60.7 Å². The highest BCUT2D eigenvalue weighted by atomic mass is 16.6. The van der Waals surface area contributed by atoms with Crippen LogP contribution < -0.4 is 0 Å². The monoisotopic (exact) mass is 360 g/mol. The lowest BCUT2D eigenvalue weighted by Gasteiger charge is -2.45. The Labute approximate surface area is 154 Å². The van der Waals surface area contributed by atoms with E-state index in [2.05, 4.69) is 0 Å². The average Bonchev–Trinajstić information content (AvgIpc) is 2.61. The number of aliphatic hydroxyl groups excluding tert-OH is 1. The van der Waals surface area contributed by atoms with E-state index in [1.165, 1.54) is 13.8 Å². The van der Waals surface area contributed by atoms with Crippen molar-refractivity contribution in [2.75, 3.05) is 7.11 Å². The van der Waals surface area contributed by atoms with Crippen LogP contribution in [0.15, 0.2) is 60.7 Å². The third kappa shape index (κ3) is 5.13. The highest BCUT2D eigenvalue weighted by molar-refractivity contribution is 5.38. The van der Waals surface area contributed by atoms with Gasteiger partial charge in [-0.15, -0.1) is 0 Å². The van der Waals surface area contributed by atoms with Crippen LogP contribution in [-0.2, 0) is 15.1 Å². The fourth-order valence-corrected chi connectivity index (χ4v) is 3.18. The summed E-state index contributed by atoms with van der Waals surface area (Å²) < 4.78 is 11.8. The van der Waals surface area contributed by atoms with Crippen molar-refractivity contribution in [1.29, 1.82) is 0 Å². The maximum atomic E-state index is 10.1. The molecule has 0 aliphatic carbocycles. The minimum absolute atomic E-state index is 0.134. The second kappa shape index (κ2) is 8.75. The normalized spacial score (nSPS) is 22.2. The molecule has 2 aromatic rings. The lowest BCUT2D eigenvalue weighted by Crippen LogP contribution is -2.50. The van der Waals surface area contributed by atoms with Crippen LogP contribution in [0.3, 0.4) is 0 Å². The zero-order valence-electron chi connectivity index (χ0n) is 15.5. The van der Waals surface area contributed by atoms with Crippen LogP contribution >= 0.6 is 0 Å². The highest BCUT2D eigenvalue weighted by Gasteiger charge is 2.48. The molecule has 1 heterocycles. The van der Waals surface area contributed by atoms with E-state index in [1.54, 1.807) is 7.11 Å². The van der Waals surface area contributed by atoms with Gasteiger partial charge in [0, 0.05) is 13.5 Å². The van der Waals surface area contributed by atoms with E-state index >= 15 is 0 Å². The van der Waals surface area contributed by atoms with E-state index in [9.17, 15) is 5.11 Å². The predicted molar refractivity (Wildman–Crippen MR) is 99.3 cm³/mol. The number of hydrogen-bond donors (Lipinski definition) is 3. The van der Waals surface area contributed by atoms with Crippen LogP contribution in [0.25, 0.3) is 0 Å². The number of rotatable bonds is 3. The Balaban J connectivity index is 0.000000431. The van der Waals surface area contributed by atoms with Gasteiger partial charge in [0.05, 0.1) is 6.10 Å². The molecule has 0 amide bonds. The van der Waals surface area contributed by atoms with Gasteiger partial charge in [0.15, 0.2) is 12.1 Å². The number of ether oxygens (including phenoxy) is 2. The van der Waals surface area contributed by atoms with Crippen molar-refractivity contribution in [3.63, 3.8) is 0 Å². The summed E-state index contributed by atoms with van der Waals surface area (Å²) in [5, 5.41) is 26.3. The minimum atomic E-state index is -1.50. The summed E-state index contributed by atoms with van der Waals surface area (Å²) in [5.41, 5.74) is 1.23. The number of hydrogen-bond acceptors (Lipinski definition) is 5. The Hall–Kier alpha value is -1.76. The van der Waals surface area contributed by atoms with E-state index < -0.39 is 17.7 Å². The molecule has 2 atom stereocenters. The summed E-state index contributed by atoms with van der Waals surface area (Å²) in [4.78, 5) is 0. The fourth-order valence-electron chi connectivity index (χ4n) is 3.18. The van der Waals surface area contributed by atoms with Gasteiger partial charge in [0.25, 0.3) is 0 Å². The smallest absolute Gasteiger partial charge is 0.156 e. The second-order valence-electron chi connectivity index (χ2n) is 6.84. The van der Waals surface area contributed by atoms with Crippen LogP contribution in [-0.4, -0.2) is 40.6 Å². The van der Waals surface area contributed by atoms with Crippen molar-refractivity contribution in [2.45, 2.75) is 50.5 Å². The molecule has 2 aromatic carbocycles. The van der Waals surface area contributed by atoms with E-state index in [0.717, 1.165) is 17.5 Å². The molecule has 0 saturated carbocycles. The Morgan fingerprint density at radius 3 is 1.73 bits per heavy atom. The summed E-state index contributed by atoms with van der Waals surface area (Å²) >= 11 is 0. The lowest BCUT2D eigenvalue weighted by atomic mass is 9.78. The number of benzene rings is 2. The van der Waals surface area contributed by atoms with E-state index in [4.69, 9.17) is 19.7 Å². The fraction of sp³-hybridized carbons (Fsp3) is 0.429. The van der Waals surface area contributed by atoms with Gasteiger partial charge in [-0.1, -0.05) is 60.7 Å². The van der Waals surface area contributed by atoms with Gasteiger partial charge in [0.1, 0.15) is 5.60 Å². The Bertz CT molecular complexity index is 606. The summed E-state index contributed by atoms with van der Waals surface area (Å²) in [6.07, 6.45) is 0.420.